The fourth-order valence-electron chi connectivity index (χ4n) is 2.40. The van der Waals surface area contributed by atoms with Crippen molar-refractivity contribution in [3.63, 3.8) is 0 Å². The number of ether oxygens (including phenoxy) is 1. The summed E-state index contributed by atoms with van der Waals surface area (Å²) in [5.74, 6) is 0.744. The van der Waals surface area contributed by atoms with Crippen LogP contribution in [0.3, 0.4) is 0 Å². The zero-order chi connectivity index (χ0) is 16.2. The van der Waals surface area contributed by atoms with Gasteiger partial charge in [-0.2, -0.15) is 10.4 Å². The Morgan fingerprint density at radius 3 is 2.48 bits per heavy atom. The fourth-order valence-corrected chi connectivity index (χ4v) is 2.40. The van der Waals surface area contributed by atoms with Crippen LogP contribution >= 0.6 is 0 Å². The van der Waals surface area contributed by atoms with Gasteiger partial charge in [0.2, 0.25) is 5.91 Å². The van der Waals surface area contributed by atoms with Gasteiger partial charge in [0.05, 0.1) is 37.4 Å². The first-order chi connectivity index (χ1) is 11.2. The Balaban J connectivity index is 1.76. The average molecular weight is 305 g/mol. The van der Waals surface area contributed by atoms with E-state index in [2.05, 4.69) is 11.2 Å². The lowest BCUT2D eigenvalue weighted by Gasteiger charge is -2.11. The van der Waals surface area contributed by atoms with Gasteiger partial charge in [-0.3, -0.25) is 4.79 Å². The second-order valence-electron chi connectivity index (χ2n) is 5.21. The molecular weight excluding hydrogens is 290 g/mol. The molecule has 1 heterocycles. The van der Waals surface area contributed by atoms with Gasteiger partial charge in [-0.15, -0.1) is 0 Å². The maximum Gasteiger partial charge on any atom is 0.249 e. The molecule has 0 aliphatic carbocycles. The van der Waals surface area contributed by atoms with Gasteiger partial charge < -0.3 is 4.74 Å². The van der Waals surface area contributed by atoms with Crippen molar-refractivity contribution < 1.29 is 9.53 Å². The van der Waals surface area contributed by atoms with Crippen LogP contribution in [-0.4, -0.2) is 23.7 Å². The molecule has 3 rings (SSSR count). The normalized spacial score (nSPS) is 13.7. The Morgan fingerprint density at radius 1 is 1.17 bits per heavy atom. The molecule has 0 saturated carbocycles. The minimum absolute atomic E-state index is 0.0276. The molecule has 0 bridgehead atoms. The molecule has 23 heavy (non-hydrogen) atoms. The Labute approximate surface area is 134 Å². The molecule has 2 aromatic rings. The van der Waals surface area contributed by atoms with Crippen LogP contribution in [0.2, 0.25) is 0 Å². The highest BCUT2D eigenvalue weighted by Gasteiger charge is 2.24. The van der Waals surface area contributed by atoms with Crippen LogP contribution in [0.15, 0.2) is 53.6 Å². The van der Waals surface area contributed by atoms with Crippen molar-refractivity contribution in [3.05, 3.63) is 65.2 Å². The van der Waals surface area contributed by atoms with Crippen molar-refractivity contribution in [3.8, 4) is 11.8 Å². The number of nitrogens with zero attached hydrogens (tertiary/aromatic N) is 3. The van der Waals surface area contributed by atoms with E-state index in [1.54, 1.807) is 19.2 Å². The predicted octanol–water partition coefficient (Wildman–Crippen LogP) is 2.70. The van der Waals surface area contributed by atoms with Crippen LogP contribution in [0.25, 0.3) is 0 Å². The van der Waals surface area contributed by atoms with Crippen molar-refractivity contribution >= 4 is 11.6 Å². The lowest BCUT2D eigenvalue weighted by Crippen LogP contribution is -2.20. The molecule has 0 spiro atoms. The third-order valence-corrected chi connectivity index (χ3v) is 3.69. The third-order valence-electron chi connectivity index (χ3n) is 3.69. The van der Waals surface area contributed by atoms with E-state index in [0.717, 1.165) is 22.6 Å². The average Bonchev–Trinajstić information content (AvgIpc) is 2.96. The topological polar surface area (TPSA) is 65.7 Å². The largest absolute Gasteiger partial charge is 0.497 e. The maximum absolute atomic E-state index is 12.1. The number of rotatable bonds is 4. The summed E-state index contributed by atoms with van der Waals surface area (Å²) in [4.78, 5) is 12.1. The molecule has 0 aromatic heterocycles. The van der Waals surface area contributed by atoms with E-state index < -0.39 is 0 Å². The number of nitriles is 1. The molecule has 1 aliphatic rings. The molecule has 5 nitrogen and oxygen atoms in total. The number of carbonyl (C=O) groups is 1. The minimum atomic E-state index is -0.0276. The zero-order valence-electron chi connectivity index (χ0n) is 12.7. The summed E-state index contributed by atoms with van der Waals surface area (Å²) in [5, 5.41) is 14.7. The lowest BCUT2D eigenvalue weighted by atomic mass is 10.1. The smallest absolute Gasteiger partial charge is 0.249 e. The summed E-state index contributed by atoms with van der Waals surface area (Å²) >= 11 is 0. The fraction of sp³-hybridized carbons (Fsp3) is 0.167. The summed E-state index contributed by atoms with van der Waals surface area (Å²) in [6.07, 6.45) is 0.294. The van der Waals surface area contributed by atoms with Gasteiger partial charge in [0, 0.05) is 0 Å². The standard InChI is InChI=1S/C18H15N3O2/c1-23-16-8-6-15(7-9-16)17-10-18(22)21(20-17)12-14-4-2-13(11-19)3-5-14/h2-9H,10,12H2,1H3. The highest BCUT2D eigenvalue weighted by atomic mass is 16.5. The number of hydrogen-bond donors (Lipinski definition) is 0. The van der Waals surface area contributed by atoms with Crippen LogP contribution in [-0.2, 0) is 11.3 Å². The summed E-state index contributed by atoms with van der Waals surface area (Å²) < 4.78 is 5.13. The molecule has 2 aromatic carbocycles. The molecule has 114 valence electrons. The van der Waals surface area contributed by atoms with Gasteiger partial charge in [0.1, 0.15) is 5.75 Å². The second kappa shape index (κ2) is 6.32. The van der Waals surface area contributed by atoms with Crippen molar-refractivity contribution in [2.45, 2.75) is 13.0 Å². The first-order valence-corrected chi connectivity index (χ1v) is 7.21. The first-order valence-electron chi connectivity index (χ1n) is 7.21. The van der Waals surface area contributed by atoms with Crippen LogP contribution in [0.4, 0.5) is 0 Å². The predicted molar refractivity (Wildman–Crippen MR) is 85.9 cm³/mol. The van der Waals surface area contributed by atoms with Crippen molar-refractivity contribution in [1.29, 1.82) is 5.26 Å². The van der Waals surface area contributed by atoms with E-state index in [1.807, 2.05) is 36.4 Å². The van der Waals surface area contributed by atoms with E-state index >= 15 is 0 Å². The maximum atomic E-state index is 12.1. The minimum Gasteiger partial charge on any atom is -0.497 e. The molecule has 0 unspecified atom stereocenters. The molecular formula is C18H15N3O2. The van der Waals surface area contributed by atoms with Gasteiger partial charge in [-0.05, 0) is 47.5 Å². The summed E-state index contributed by atoms with van der Waals surface area (Å²) in [5.41, 5.74) is 3.22. The number of methoxy groups -OCH3 is 1. The summed E-state index contributed by atoms with van der Waals surface area (Å²) in [6, 6.07) is 16.7. The van der Waals surface area contributed by atoms with Crippen LogP contribution in [0.1, 0.15) is 23.1 Å². The third kappa shape index (κ3) is 3.22. The highest BCUT2D eigenvalue weighted by molar-refractivity contribution is 6.13. The molecule has 0 N–H and O–H groups in total. The SMILES string of the molecule is COc1ccc(C2=NN(Cc3ccc(C#N)cc3)C(=O)C2)cc1. The van der Waals surface area contributed by atoms with Crippen LogP contribution < -0.4 is 4.74 Å². The van der Waals surface area contributed by atoms with E-state index in [-0.39, 0.29) is 5.91 Å². The Hall–Kier alpha value is -3.13. The van der Waals surface area contributed by atoms with Gasteiger partial charge in [0.15, 0.2) is 0 Å². The van der Waals surface area contributed by atoms with Gasteiger partial charge in [-0.25, -0.2) is 5.01 Å². The van der Waals surface area contributed by atoms with Gasteiger partial charge in [0.25, 0.3) is 0 Å². The highest BCUT2D eigenvalue weighted by Crippen LogP contribution is 2.20. The second-order valence-corrected chi connectivity index (χ2v) is 5.21. The van der Waals surface area contributed by atoms with Crippen LogP contribution in [0, 0.1) is 11.3 Å². The Kier molecular flexibility index (Phi) is 4.07. The Morgan fingerprint density at radius 2 is 1.87 bits per heavy atom. The van der Waals surface area contributed by atoms with Crippen molar-refractivity contribution in [2.75, 3.05) is 7.11 Å². The molecule has 0 atom stereocenters. The monoisotopic (exact) mass is 305 g/mol. The van der Waals surface area contributed by atoms with Crippen molar-refractivity contribution in [2.24, 2.45) is 5.10 Å². The van der Waals surface area contributed by atoms with Gasteiger partial charge >= 0.3 is 0 Å². The summed E-state index contributed by atoms with van der Waals surface area (Å²) in [7, 11) is 1.62. The van der Waals surface area contributed by atoms with E-state index in [1.165, 1.54) is 5.01 Å². The van der Waals surface area contributed by atoms with Gasteiger partial charge in [-0.1, -0.05) is 12.1 Å². The number of carbonyl (C=O) groups excluding carboxylic acids is 1. The number of hydrogen-bond acceptors (Lipinski definition) is 4. The lowest BCUT2D eigenvalue weighted by molar-refractivity contribution is -0.129. The quantitative estimate of drug-likeness (QED) is 0.872. The van der Waals surface area contributed by atoms with Crippen molar-refractivity contribution in [1.82, 2.24) is 5.01 Å². The number of hydrazone groups is 1. The molecule has 0 saturated heterocycles. The van der Waals surface area contributed by atoms with E-state index in [0.29, 0.717) is 18.5 Å². The molecule has 0 radical (unpaired) electrons. The number of amides is 1. The Bertz CT molecular complexity index is 787. The van der Waals surface area contributed by atoms with E-state index in [9.17, 15) is 4.79 Å². The zero-order valence-corrected chi connectivity index (χ0v) is 12.7. The molecule has 1 aliphatic heterocycles. The molecule has 0 fully saturated rings. The molecule has 5 heteroatoms. The number of benzene rings is 2. The van der Waals surface area contributed by atoms with Crippen LogP contribution in [0.5, 0.6) is 5.75 Å². The van der Waals surface area contributed by atoms with E-state index in [4.69, 9.17) is 10.00 Å². The molecule has 1 amide bonds. The summed E-state index contributed by atoms with van der Waals surface area (Å²) in [6.45, 7) is 0.407. The first kappa shape index (κ1) is 14.8.